The number of nitriles is 1. The summed E-state index contributed by atoms with van der Waals surface area (Å²) in [5.41, 5.74) is 3.03. The number of carbonyl (C=O) groups is 2. The third-order valence-electron chi connectivity index (χ3n) is 5.96. The normalized spacial score (nSPS) is 15.5. The van der Waals surface area contributed by atoms with E-state index in [1.807, 2.05) is 25.1 Å². The molecule has 2 N–H and O–H groups in total. The number of alkyl carbamates (subject to hydrolysis) is 1. The Morgan fingerprint density at radius 3 is 2.97 bits per heavy atom. The SMILES string of the molecule is Cc1cc(CNC(=O)OCC2CCc3c(sc(NC(=O)CC(C)c4ccccn4)c3C#N)C2)no1. The van der Waals surface area contributed by atoms with Gasteiger partial charge in [0.2, 0.25) is 5.91 Å². The molecule has 0 spiro atoms. The molecule has 2 unspecified atom stereocenters. The van der Waals surface area contributed by atoms with Gasteiger partial charge in [0.25, 0.3) is 0 Å². The monoisotopic (exact) mass is 493 g/mol. The second-order valence-corrected chi connectivity index (χ2v) is 9.82. The molecule has 0 aliphatic heterocycles. The maximum atomic E-state index is 12.7. The lowest BCUT2D eigenvalue weighted by molar-refractivity contribution is -0.116. The first kappa shape index (κ1) is 24.4. The molecule has 182 valence electrons. The summed E-state index contributed by atoms with van der Waals surface area (Å²) in [6.07, 6.45) is 3.71. The maximum absolute atomic E-state index is 12.7. The molecule has 4 rings (SSSR count). The van der Waals surface area contributed by atoms with E-state index in [1.54, 1.807) is 19.2 Å². The largest absolute Gasteiger partial charge is 0.449 e. The van der Waals surface area contributed by atoms with Crippen molar-refractivity contribution in [3.8, 4) is 6.07 Å². The number of hydrogen-bond donors (Lipinski definition) is 2. The van der Waals surface area contributed by atoms with Crippen LogP contribution in [0.2, 0.25) is 0 Å². The molecule has 1 aliphatic rings. The molecule has 2 amide bonds. The number of aryl methyl sites for hydroxylation is 1. The Kier molecular flexibility index (Phi) is 7.77. The molecular formula is C25H27N5O4S. The van der Waals surface area contributed by atoms with Crippen LogP contribution < -0.4 is 10.6 Å². The van der Waals surface area contributed by atoms with E-state index in [0.717, 1.165) is 22.6 Å². The second kappa shape index (κ2) is 11.1. The number of rotatable bonds is 8. The van der Waals surface area contributed by atoms with Crippen molar-refractivity contribution in [2.45, 2.75) is 52.0 Å². The van der Waals surface area contributed by atoms with Crippen LogP contribution in [0, 0.1) is 24.2 Å². The number of pyridine rings is 1. The van der Waals surface area contributed by atoms with Gasteiger partial charge in [-0.15, -0.1) is 11.3 Å². The van der Waals surface area contributed by atoms with Gasteiger partial charge in [0.1, 0.15) is 22.5 Å². The Bertz CT molecular complexity index is 1230. The van der Waals surface area contributed by atoms with E-state index in [1.165, 1.54) is 11.3 Å². The number of carbonyl (C=O) groups excluding carboxylic acids is 2. The number of fused-ring (bicyclic) bond motifs is 1. The molecule has 0 saturated carbocycles. The third kappa shape index (κ3) is 6.25. The first-order valence-corrected chi connectivity index (χ1v) is 12.3. The van der Waals surface area contributed by atoms with Gasteiger partial charge in [-0.05, 0) is 49.8 Å². The molecule has 0 radical (unpaired) electrons. The lowest BCUT2D eigenvalue weighted by Gasteiger charge is -2.21. The molecular weight excluding hydrogens is 466 g/mol. The Hall–Kier alpha value is -3.71. The van der Waals surface area contributed by atoms with E-state index in [2.05, 4.69) is 26.8 Å². The highest BCUT2D eigenvalue weighted by Crippen LogP contribution is 2.39. The molecule has 3 heterocycles. The van der Waals surface area contributed by atoms with Crippen LogP contribution in [0.4, 0.5) is 9.80 Å². The summed E-state index contributed by atoms with van der Waals surface area (Å²) in [6, 6.07) is 9.67. The topological polar surface area (TPSA) is 130 Å². The average Bonchev–Trinajstić information content (AvgIpc) is 3.43. The molecule has 10 heteroatoms. The van der Waals surface area contributed by atoms with Crippen molar-refractivity contribution in [1.29, 1.82) is 5.26 Å². The summed E-state index contributed by atoms with van der Waals surface area (Å²) in [7, 11) is 0. The van der Waals surface area contributed by atoms with Gasteiger partial charge in [-0.1, -0.05) is 18.1 Å². The molecule has 2 atom stereocenters. The van der Waals surface area contributed by atoms with Crippen molar-refractivity contribution >= 4 is 28.3 Å². The molecule has 1 aliphatic carbocycles. The molecule has 9 nitrogen and oxygen atoms in total. The standard InChI is InChI=1S/C25H27N5O4S/c1-15(21-5-3-4-8-27-21)9-23(31)29-24-20(12-26)19-7-6-17(11-22(19)35-24)14-33-25(32)28-13-18-10-16(2)34-30-18/h3-5,8,10,15,17H,6-7,9,11,13-14H2,1-2H3,(H,28,32)(H,29,31). The zero-order chi connectivity index (χ0) is 24.8. The second-order valence-electron chi connectivity index (χ2n) is 8.72. The third-order valence-corrected chi connectivity index (χ3v) is 7.13. The van der Waals surface area contributed by atoms with Crippen molar-refractivity contribution < 1.29 is 18.8 Å². The first-order chi connectivity index (χ1) is 16.9. The number of thiophene rings is 1. The van der Waals surface area contributed by atoms with Crippen LogP contribution in [-0.4, -0.2) is 28.7 Å². The fourth-order valence-electron chi connectivity index (χ4n) is 4.14. The Morgan fingerprint density at radius 2 is 2.26 bits per heavy atom. The van der Waals surface area contributed by atoms with Crippen molar-refractivity contribution in [2.75, 3.05) is 11.9 Å². The summed E-state index contributed by atoms with van der Waals surface area (Å²) in [5.74, 6) is 0.661. The lowest BCUT2D eigenvalue weighted by Crippen LogP contribution is -2.27. The zero-order valence-electron chi connectivity index (χ0n) is 19.7. The maximum Gasteiger partial charge on any atom is 0.407 e. The van der Waals surface area contributed by atoms with E-state index >= 15 is 0 Å². The summed E-state index contributed by atoms with van der Waals surface area (Å²) in [6.45, 7) is 4.27. The number of nitrogens with one attached hydrogen (secondary N) is 2. The first-order valence-electron chi connectivity index (χ1n) is 11.5. The van der Waals surface area contributed by atoms with Gasteiger partial charge < -0.3 is 19.9 Å². The van der Waals surface area contributed by atoms with Crippen LogP contribution in [0.25, 0.3) is 0 Å². The summed E-state index contributed by atoms with van der Waals surface area (Å²) >= 11 is 1.44. The highest BCUT2D eigenvalue weighted by Gasteiger charge is 2.27. The molecule has 0 aromatic carbocycles. The van der Waals surface area contributed by atoms with Crippen molar-refractivity contribution in [2.24, 2.45) is 5.92 Å². The van der Waals surface area contributed by atoms with Gasteiger partial charge in [0.05, 0.1) is 18.7 Å². The Labute approximate surface area is 207 Å². The Morgan fingerprint density at radius 1 is 1.40 bits per heavy atom. The van der Waals surface area contributed by atoms with Crippen molar-refractivity contribution in [3.05, 3.63) is 63.6 Å². The van der Waals surface area contributed by atoms with E-state index < -0.39 is 6.09 Å². The quantitative estimate of drug-likeness (QED) is 0.473. The van der Waals surface area contributed by atoms with Crippen LogP contribution in [0.3, 0.4) is 0 Å². The van der Waals surface area contributed by atoms with Crippen LogP contribution >= 0.6 is 11.3 Å². The summed E-state index contributed by atoms with van der Waals surface area (Å²) in [4.78, 5) is 30.1. The van der Waals surface area contributed by atoms with Gasteiger partial charge in [0.15, 0.2) is 0 Å². The predicted octanol–water partition coefficient (Wildman–Crippen LogP) is 4.47. The number of aromatic nitrogens is 2. The molecule has 0 bridgehead atoms. The molecule has 0 fully saturated rings. The lowest BCUT2D eigenvalue weighted by atomic mass is 9.88. The number of anilines is 1. The minimum Gasteiger partial charge on any atom is -0.449 e. The van der Waals surface area contributed by atoms with Gasteiger partial charge in [-0.2, -0.15) is 5.26 Å². The number of nitrogens with zero attached hydrogens (tertiary/aromatic N) is 3. The van der Waals surface area contributed by atoms with E-state index in [0.29, 0.717) is 34.9 Å². The van der Waals surface area contributed by atoms with Crippen molar-refractivity contribution in [1.82, 2.24) is 15.5 Å². The molecule has 35 heavy (non-hydrogen) atoms. The molecule has 3 aromatic rings. The highest BCUT2D eigenvalue weighted by molar-refractivity contribution is 7.16. The predicted molar refractivity (Wildman–Crippen MR) is 130 cm³/mol. The number of hydrogen-bond acceptors (Lipinski definition) is 8. The molecule has 3 aromatic heterocycles. The fraction of sp³-hybridized carbons (Fsp3) is 0.400. The van der Waals surface area contributed by atoms with E-state index in [9.17, 15) is 14.9 Å². The number of ether oxygens (including phenoxy) is 1. The van der Waals surface area contributed by atoms with Gasteiger partial charge >= 0.3 is 6.09 Å². The summed E-state index contributed by atoms with van der Waals surface area (Å²) in [5, 5.41) is 19.8. The van der Waals surface area contributed by atoms with E-state index in [-0.39, 0.29) is 37.3 Å². The fourth-order valence-corrected chi connectivity index (χ4v) is 5.47. The van der Waals surface area contributed by atoms with Crippen molar-refractivity contribution in [3.63, 3.8) is 0 Å². The average molecular weight is 494 g/mol. The number of amides is 2. The van der Waals surface area contributed by atoms with Crippen LogP contribution in [0.5, 0.6) is 0 Å². The Balaban J connectivity index is 1.30. The van der Waals surface area contributed by atoms with Crippen LogP contribution in [0.1, 0.15) is 58.8 Å². The minimum atomic E-state index is -0.504. The van der Waals surface area contributed by atoms with Gasteiger partial charge in [0, 0.05) is 35.2 Å². The van der Waals surface area contributed by atoms with Crippen LogP contribution in [0.15, 0.2) is 35.0 Å². The minimum absolute atomic E-state index is 0.0303. The van der Waals surface area contributed by atoms with E-state index in [4.69, 9.17) is 9.26 Å². The summed E-state index contributed by atoms with van der Waals surface area (Å²) < 4.78 is 10.4. The molecule has 0 saturated heterocycles. The highest BCUT2D eigenvalue weighted by atomic mass is 32.1. The van der Waals surface area contributed by atoms with Crippen LogP contribution in [-0.2, 0) is 28.9 Å². The zero-order valence-corrected chi connectivity index (χ0v) is 20.5. The van der Waals surface area contributed by atoms with Gasteiger partial charge in [-0.25, -0.2) is 4.79 Å². The van der Waals surface area contributed by atoms with Gasteiger partial charge in [-0.3, -0.25) is 9.78 Å². The smallest absolute Gasteiger partial charge is 0.407 e.